The van der Waals surface area contributed by atoms with Gasteiger partial charge < -0.3 is 15.5 Å². The van der Waals surface area contributed by atoms with Crippen LogP contribution in [0.5, 0.6) is 0 Å². The standard InChI is InChI=1S/C22H28N4.HI/c1-3-19-8-4-5-9-20(19)17-25-22(23-2)24-16-18-10-12-21(13-11-18)26-14-6-7-15-26;/h4-13H,3,14-17H2,1-2H3,(H2,23,24,25);1H. The second-order valence-corrected chi connectivity index (χ2v) is 6.44. The Bertz CT molecular complexity index is 760. The van der Waals surface area contributed by atoms with Crippen molar-refractivity contribution in [1.82, 2.24) is 10.6 Å². The Balaban J connectivity index is 0.00000261. The summed E-state index contributed by atoms with van der Waals surface area (Å²) in [6.07, 6.45) is 5.46. The lowest BCUT2D eigenvalue weighted by atomic mass is 10.1. The minimum absolute atomic E-state index is 0. The summed E-state index contributed by atoms with van der Waals surface area (Å²) in [4.78, 5) is 6.68. The van der Waals surface area contributed by atoms with Crippen molar-refractivity contribution in [2.75, 3.05) is 25.0 Å². The molecule has 2 aromatic rings. The van der Waals surface area contributed by atoms with Gasteiger partial charge in [-0.1, -0.05) is 55.5 Å². The Morgan fingerprint density at radius 1 is 0.926 bits per heavy atom. The van der Waals surface area contributed by atoms with Gasteiger partial charge in [0.05, 0.1) is 0 Å². The normalized spacial score (nSPS) is 13.4. The third kappa shape index (κ3) is 5.99. The van der Waals surface area contributed by atoms with E-state index in [9.17, 15) is 0 Å². The number of guanidine groups is 1. The molecule has 3 rings (SSSR count). The maximum absolute atomic E-state index is 4.33. The first kappa shape index (κ1) is 21.3. The van der Waals surface area contributed by atoms with Crippen LogP contribution in [0.25, 0.3) is 0 Å². The highest BCUT2D eigenvalue weighted by Gasteiger charge is 2.07. The van der Waals surface area contributed by atoms with Crippen molar-refractivity contribution >= 4 is 35.6 Å². The van der Waals surface area contributed by atoms with Crippen molar-refractivity contribution in [2.45, 2.75) is 26.4 Å². The summed E-state index contributed by atoms with van der Waals surface area (Å²) < 4.78 is 0. The number of hydrogen-bond acceptors (Lipinski definition) is 2. The van der Waals surface area contributed by atoms with Gasteiger partial charge in [0.1, 0.15) is 0 Å². The zero-order chi connectivity index (χ0) is 18.2. The maximum atomic E-state index is 4.33. The van der Waals surface area contributed by atoms with Gasteiger partial charge >= 0.3 is 0 Å². The number of nitrogens with zero attached hydrogens (tertiary/aromatic N) is 2. The molecule has 0 saturated carbocycles. The summed E-state index contributed by atoms with van der Waals surface area (Å²) >= 11 is 0. The second-order valence-electron chi connectivity index (χ2n) is 6.44. The van der Waals surface area contributed by atoms with Gasteiger partial charge in [-0.15, -0.1) is 24.0 Å². The topological polar surface area (TPSA) is 39.7 Å². The Hall–Kier alpha value is -2.02. The molecule has 1 aliphatic rings. The molecule has 0 atom stereocenters. The molecule has 0 fully saturated rings. The van der Waals surface area contributed by atoms with Crippen molar-refractivity contribution in [3.05, 3.63) is 77.4 Å². The van der Waals surface area contributed by atoms with Gasteiger partial charge in [0, 0.05) is 38.9 Å². The summed E-state index contributed by atoms with van der Waals surface area (Å²) in [5.41, 5.74) is 5.22. The molecule has 1 aliphatic heterocycles. The first-order valence-electron chi connectivity index (χ1n) is 9.30. The van der Waals surface area contributed by atoms with Gasteiger partial charge in [0.25, 0.3) is 0 Å². The summed E-state index contributed by atoms with van der Waals surface area (Å²) in [6, 6.07) is 17.3. The van der Waals surface area contributed by atoms with E-state index in [1.54, 1.807) is 0 Å². The van der Waals surface area contributed by atoms with E-state index in [0.29, 0.717) is 0 Å². The number of hydrogen-bond donors (Lipinski definition) is 2. The van der Waals surface area contributed by atoms with E-state index < -0.39 is 0 Å². The van der Waals surface area contributed by atoms with Crippen molar-refractivity contribution in [2.24, 2.45) is 4.99 Å². The van der Waals surface area contributed by atoms with E-state index in [0.717, 1.165) is 38.6 Å². The highest BCUT2D eigenvalue weighted by Crippen LogP contribution is 2.17. The van der Waals surface area contributed by atoms with Crippen molar-refractivity contribution < 1.29 is 0 Å². The maximum Gasteiger partial charge on any atom is 0.191 e. The number of anilines is 1. The van der Waals surface area contributed by atoms with Gasteiger partial charge in [0.2, 0.25) is 0 Å². The summed E-state index contributed by atoms with van der Waals surface area (Å²) in [6.45, 7) is 5.74. The van der Waals surface area contributed by atoms with Crippen LogP contribution in [-0.2, 0) is 19.5 Å². The van der Waals surface area contributed by atoms with E-state index in [1.165, 1.54) is 22.4 Å². The molecule has 0 bridgehead atoms. The Labute approximate surface area is 179 Å². The van der Waals surface area contributed by atoms with Gasteiger partial charge in [-0.3, -0.25) is 4.99 Å². The average Bonchev–Trinajstić information content (AvgIpc) is 3.23. The molecule has 2 N–H and O–H groups in total. The first-order valence-corrected chi connectivity index (χ1v) is 9.30. The lowest BCUT2D eigenvalue weighted by Crippen LogP contribution is -2.36. The third-order valence-corrected chi connectivity index (χ3v) is 4.75. The molecule has 2 aromatic carbocycles. The van der Waals surface area contributed by atoms with E-state index in [1.807, 2.05) is 7.05 Å². The van der Waals surface area contributed by atoms with Gasteiger partial charge in [-0.2, -0.15) is 0 Å². The van der Waals surface area contributed by atoms with Crippen molar-refractivity contribution in [3.63, 3.8) is 0 Å². The Kier molecular flexibility index (Phi) is 8.64. The SMILES string of the molecule is CCc1ccccc1CNC(=NC)NCc1ccc(N2CC=CC2)cc1.I. The molecular weight excluding hydrogens is 447 g/mol. The van der Waals surface area contributed by atoms with Gasteiger partial charge in [-0.25, -0.2) is 0 Å². The van der Waals surface area contributed by atoms with E-state index >= 15 is 0 Å². The predicted octanol–water partition coefficient (Wildman–Crippen LogP) is 4.11. The van der Waals surface area contributed by atoms with Gasteiger partial charge in [-0.05, 0) is 35.2 Å². The van der Waals surface area contributed by atoms with E-state index in [4.69, 9.17) is 0 Å². The minimum atomic E-state index is 0. The Morgan fingerprint density at radius 3 is 2.19 bits per heavy atom. The largest absolute Gasteiger partial charge is 0.364 e. The zero-order valence-electron chi connectivity index (χ0n) is 16.1. The van der Waals surface area contributed by atoms with E-state index in [-0.39, 0.29) is 24.0 Å². The smallest absolute Gasteiger partial charge is 0.191 e. The number of rotatable bonds is 6. The minimum Gasteiger partial charge on any atom is -0.364 e. The van der Waals surface area contributed by atoms with Crippen LogP contribution in [0.2, 0.25) is 0 Å². The molecule has 4 nitrogen and oxygen atoms in total. The molecule has 0 unspecified atom stereocenters. The average molecular weight is 476 g/mol. The Morgan fingerprint density at radius 2 is 1.56 bits per heavy atom. The zero-order valence-corrected chi connectivity index (χ0v) is 18.4. The molecule has 0 spiro atoms. The van der Waals surface area contributed by atoms with Gasteiger partial charge in [0.15, 0.2) is 5.96 Å². The highest BCUT2D eigenvalue weighted by molar-refractivity contribution is 14.0. The fourth-order valence-corrected chi connectivity index (χ4v) is 3.17. The molecule has 0 saturated heterocycles. The van der Waals surface area contributed by atoms with E-state index in [2.05, 4.69) is 88.1 Å². The molecule has 144 valence electrons. The van der Waals surface area contributed by atoms with Crippen LogP contribution in [0.3, 0.4) is 0 Å². The first-order chi connectivity index (χ1) is 12.8. The summed E-state index contributed by atoms with van der Waals surface area (Å²) in [5.74, 6) is 0.823. The number of halogens is 1. The lowest BCUT2D eigenvalue weighted by Gasteiger charge is -2.18. The molecular formula is C22H29IN4. The van der Waals surface area contributed by atoms with Crippen LogP contribution < -0.4 is 15.5 Å². The fraction of sp³-hybridized carbons (Fsp3) is 0.318. The fourth-order valence-electron chi connectivity index (χ4n) is 3.17. The second kappa shape index (κ2) is 11.0. The molecule has 1 heterocycles. The predicted molar refractivity (Wildman–Crippen MR) is 126 cm³/mol. The van der Waals surface area contributed by atoms with Crippen LogP contribution in [0.4, 0.5) is 5.69 Å². The summed E-state index contributed by atoms with van der Waals surface area (Å²) in [7, 11) is 1.81. The van der Waals surface area contributed by atoms with Crippen LogP contribution in [-0.4, -0.2) is 26.1 Å². The number of aliphatic imine (C=N–C) groups is 1. The quantitative estimate of drug-likeness (QED) is 0.286. The molecule has 0 amide bonds. The molecule has 0 radical (unpaired) electrons. The molecule has 0 aromatic heterocycles. The molecule has 0 aliphatic carbocycles. The number of benzene rings is 2. The highest BCUT2D eigenvalue weighted by atomic mass is 127. The summed E-state index contributed by atoms with van der Waals surface area (Å²) in [5, 5.41) is 6.80. The van der Waals surface area contributed by atoms with Crippen LogP contribution in [0, 0.1) is 0 Å². The van der Waals surface area contributed by atoms with Crippen molar-refractivity contribution in [1.29, 1.82) is 0 Å². The third-order valence-electron chi connectivity index (χ3n) is 4.75. The lowest BCUT2D eigenvalue weighted by molar-refractivity contribution is 0.802. The van der Waals surface area contributed by atoms with Crippen molar-refractivity contribution in [3.8, 4) is 0 Å². The number of nitrogens with one attached hydrogen (secondary N) is 2. The van der Waals surface area contributed by atoms with Crippen LogP contribution >= 0.6 is 24.0 Å². The van der Waals surface area contributed by atoms with Crippen LogP contribution in [0.1, 0.15) is 23.6 Å². The monoisotopic (exact) mass is 476 g/mol. The molecule has 5 heteroatoms. The molecule has 27 heavy (non-hydrogen) atoms. The number of aryl methyl sites for hydroxylation is 1. The van der Waals surface area contributed by atoms with Crippen LogP contribution in [0.15, 0.2) is 65.7 Å².